The Bertz CT molecular complexity index is 1070. The summed E-state index contributed by atoms with van der Waals surface area (Å²) in [7, 11) is 0. The molecule has 0 N–H and O–H groups in total. The fraction of sp³-hybridized carbons (Fsp3) is 0.0625. The maximum absolute atomic E-state index is 12.0. The van der Waals surface area contributed by atoms with Crippen LogP contribution in [0.3, 0.4) is 0 Å². The zero-order valence-corrected chi connectivity index (χ0v) is 14.7. The molecule has 0 radical (unpaired) electrons. The Morgan fingerprint density at radius 1 is 1.25 bits per heavy atom. The van der Waals surface area contributed by atoms with E-state index in [1.54, 1.807) is 22.9 Å². The van der Waals surface area contributed by atoms with Crippen LogP contribution >= 0.6 is 34.7 Å². The number of halogens is 1. The number of thiazole rings is 1. The lowest BCUT2D eigenvalue weighted by atomic mass is 10.3. The standard InChI is InChI=1S/C16H11ClN4OS2/c17-11-2-1-3-13(8-11)20-5-4-18-15(20)24-10-12-9-14(22)21-6-7-23-16(21)19-12/h1-9H,10H2. The molecule has 5 nitrogen and oxygen atoms in total. The Morgan fingerprint density at radius 3 is 3.04 bits per heavy atom. The second-order valence-electron chi connectivity index (χ2n) is 4.99. The number of imidazole rings is 1. The van der Waals surface area contributed by atoms with Gasteiger partial charge in [0, 0.05) is 46.5 Å². The highest BCUT2D eigenvalue weighted by Crippen LogP contribution is 2.24. The molecule has 24 heavy (non-hydrogen) atoms. The third-order valence-corrected chi connectivity index (χ3v) is 5.39. The lowest BCUT2D eigenvalue weighted by Crippen LogP contribution is -2.12. The van der Waals surface area contributed by atoms with Crippen LogP contribution in [0.5, 0.6) is 0 Å². The molecule has 0 atom stereocenters. The molecule has 4 rings (SSSR count). The first kappa shape index (κ1) is 15.4. The van der Waals surface area contributed by atoms with Gasteiger partial charge in [0.2, 0.25) is 0 Å². The van der Waals surface area contributed by atoms with Crippen molar-refractivity contribution < 1.29 is 0 Å². The molecular weight excluding hydrogens is 364 g/mol. The number of hydrogen-bond donors (Lipinski definition) is 0. The molecule has 0 fully saturated rings. The van der Waals surface area contributed by atoms with Crippen LogP contribution in [0.15, 0.2) is 64.3 Å². The van der Waals surface area contributed by atoms with Crippen molar-refractivity contribution in [3.63, 3.8) is 0 Å². The van der Waals surface area contributed by atoms with E-state index in [1.165, 1.54) is 23.1 Å². The number of thioether (sulfide) groups is 1. The molecule has 3 aromatic heterocycles. The summed E-state index contributed by atoms with van der Waals surface area (Å²) in [4.78, 5) is 21.6. The number of rotatable bonds is 4. The van der Waals surface area contributed by atoms with E-state index in [4.69, 9.17) is 11.6 Å². The molecule has 0 aliphatic rings. The Morgan fingerprint density at radius 2 is 2.17 bits per heavy atom. The van der Waals surface area contributed by atoms with E-state index in [9.17, 15) is 4.79 Å². The smallest absolute Gasteiger partial charge is 0.258 e. The van der Waals surface area contributed by atoms with Crippen molar-refractivity contribution in [2.24, 2.45) is 0 Å². The Kier molecular flexibility index (Phi) is 4.13. The third-order valence-electron chi connectivity index (χ3n) is 3.40. The summed E-state index contributed by atoms with van der Waals surface area (Å²) in [6.07, 6.45) is 5.37. The van der Waals surface area contributed by atoms with Gasteiger partial charge in [-0.2, -0.15) is 0 Å². The van der Waals surface area contributed by atoms with Gasteiger partial charge >= 0.3 is 0 Å². The summed E-state index contributed by atoms with van der Waals surface area (Å²) in [5.41, 5.74) is 1.63. The summed E-state index contributed by atoms with van der Waals surface area (Å²) < 4.78 is 3.51. The first-order valence-electron chi connectivity index (χ1n) is 7.08. The maximum Gasteiger partial charge on any atom is 0.258 e. The molecule has 0 aliphatic carbocycles. The second kappa shape index (κ2) is 6.43. The van der Waals surface area contributed by atoms with E-state index in [0.29, 0.717) is 15.7 Å². The average Bonchev–Trinajstić information content (AvgIpc) is 3.22. The molecular formula is C16H11ClN4OS2. The Labute approximate surface area is 150 Å². The van der Waals surface area contributed by atoms with Gasteiger partial charge in [-0.15, -0.1) is 11.3 Å². The highest BCUT2D eigenvalue weighted by atomic mass is 35.5. The van der Waals surface area contributed by atoms with E-state index in [2.05, 4.69) is 9.97 Å². The molecule has 4 aromatic rings. The topological polar surface area (TPSA) is 52.2 Å². The van der Waals surface area contributed by atoms with Crippen LogP contribution < -0.4 is 5.56 Å². The van der Waals surface area contributed by atoms with Gasteiger partial charge in [-0.05, 0) is 18.2 Å². The van der Waals surface area contributed by atoms with Crippen LogP contribution in [0, 0.1) is 0 Å². The van der Waals surface area contributed by atoms with Crippen molar-refractivity contribution in [2.45, 2.75) is 10.9 Å². The predicted molar refractivity (Wildman–Crippen MR) is 97.5 cm³/mol. The number of fused-ring (bicyclic) bond motifs is 1. The van der Waals surface area contributed by atoms with E-state index < -0.39 is 0 Å². The van der Waals surface area contributed by atoms with Crippen LogP contribution in [-0.2, 0) is 5.75 Å². The molecule has 0 aliphatic heterocycles. The van der Waals surface area contributed by atoms with Gasteiger partial charge in [-0.3, -0.25) is 13.8 Å². The van der Waals surface area contributed by atoms with E-state index in [0.717, 1.165) is 16.5 Å². The normalized spacial score (nSPS) is 11.2. The predicted octanol–water partition coefficient (Wildman–Crippen LogP) is 3.89. The summed E-state index contributed by atoms with van der Waals surface area (Å²) in [6, 6.07) is 9.16. The fourth-order valence-corrected chi connectivity index (χ4v) is 4.11. The first-order valence-corrected chi connectivity index (χ1v) is 9.33. The van der Waals surface area contributed by atoms with Crippen LogP contribution in [0.1, 0.15) is 5.69 Å². The van der Waals surface area contributed by atoms with E-state index in [-0.39, 0.29) is 5.56 Å². The van der Waals surface area contributed by atoms with Gasteiger partial charge in [0.1, 0.15) is 0 Å². The Hall–Kier alpha value is -2.09. The zero-order chi connectivity index (χ0) is 16.5. The molecule has 0 saturated carbocycles. The molecule has 0 unspecified atom stereocenters. The van der Waals surface area contributed by atoms with Crippen LogP contribution in [0.4, 0.5) is 0 Å². The van der Waals surface area contributed by atoms with Gasteiger partial charge in [0.15, 0.2) is 10.1 Å². The molecule has 0 saturated heterocycles. The van der Waals surface area contributed by atoms with E-state index >= 15 is 0 Å². The zero-order valence-electron chi connectivity index (χ0n) is 12.3. The van der Waals surface area contributed by atoms with Gasteiger partial charge < -0.3 is 0 Å². The molecule has 1 aromatic carbocycles. The van der Waals surface area contributed by atoms with Crippen molar-refractivity contribution in [2.75, 3.05) is 0 Å². The lowest BCUT2D eigenvalue weighted by Gasteiger charge is -2.07. The highest BCUT2D eigenvalue weighted by molar-refractivity contribution is 7.98. The van der Waals surface area contributed by atoms with Crippen LogP contribution in [0.25, 0.3) is 10.6 Å². The fourth-order valence-electron chi connectivity index (χ4n) is 2.32. The molecule has 3 heterocycles. The first-order chi connectivity index (χ1) is 11.7. The van der Waals surface area contributed by atoms with Crippen molar-refractivity contribution in [3.8, 4) is 5.69 Å². The summed E-state index contributed by atoms with van der Waals surface area (Å²) in [6.45, 7) is 0. The number of aromatic nitrogens is 4. The number of benzene rings is 1. The largest absolute Gasteiger partial charge is 0.295 e. The summed E-state index contributed by atoms with van der Waals surface area (Å²) >= 11 is 9.04. The van der Waals surface area contributed by atoms with Crippen molar-refractivity contribution in [1.82, 2.24) is 18.9 Å². The molecule has 0 bridgehead atoms. The lowest BCUT2D eigenvalue weighted by molar-refractivity contribution is 0.894. The Balaban J connectivity index is 1.60. The van der Waals surface area contributed by atoms with Gasteiger partial charge in [-0.25, -0.2) is 9.97 Å². The van der Waals surface area contributed by atoms with Crippen LogP contribution in [0.2, 0.25) is 5.02 Å². The summed E-state index contributed by atoms with van der Waals surface area (Å²) in [5.74, 6) is 0.571. The number of hydrogen-bond acceptors (Lipinski definition) is 5. The molecule has 8 heteroatoms. The SMILES string of the molecule is O=c1cc(CSc2nccn2-c2cccc(Cl)c2)nc2sccn12. The quantitative estimate of drug-likeness (QED) is 0.508. The van der Waals surface area contributed by atoms with E-state index in [1.807, 2.05) is 40.4 Å². The van der Waals surface area contributed by atoms with Gasteiger partial charge in [0.05, 0.1) is 5.69 Å². The minimum Gasteiger partial charge on any atom is -0.295 e. The minimum absolute atomic E-state index is 0.0602. The van der Waals surface area contributed by atoms with Crippen molar-refractivity contribution in [1.29, 1.82) is 0 Å². The van der Waals surface area contributed by atoms with Gasteiger partial charge in [-0.1, -0.05) is 29.4 Å². The highest BCUT2D eigenvalue weighted by Gasteiger charge is 2.09. The molecule has 0 spiro atoms. The maximum atomic E-state index is 12.0. The second-order valence-corrected chi connectivity index (χ2v) is 7.24. The third kappa shape index (κ3) is 2.98. The number of nitrogens with zero attached hydrogens (tertiary/aromatic N) is 4. The summed E-state index contributed by atoms with van der Waals surface area (Å²) in [5, 5.41) is 3.35. The molecule has 0 amide bonds. The van der Waals surface area contributed by atoms with Crippen LogP contribution in [-0.4, -0.2) is 18.9 Å². The monoisotopic (exact) mass is 374 g/mol. The average molecular weight is 375 g/mol. The molecule has 120 valence electrons. The van der Waals surface area contributed by atoms with Crippen molar-refractivity contribution >= 4 is 39.7 Å². The minimum atomic E-state index is -0.0602. The van der Waals surface area contributed by atoms with Crippen molar-refractivity contribution in [3.05, 3.63) is 75.4 Å². The van der Waals surface area contributed by atoms with Gasteiger partial charge in [0.25, 0.3) is 5.56 Å².